The number of hydrogen-bond donors (Lipinski definition) is 1. The van der Waals surface area contributed by atoms with E-state index in [1.165, 1.54) is 43.2 Å². The molecule has 98 valence electrons. The molecule has 0 bridgehead atoms. The Kier molecular flexibility index (Phi) is 3.55. The number of methoxy groups -OCH3 is 1. The lowest BCUT2D eigenvalue weighted by atomic mass is 9.90. The van der Waals surface area contributed by atoms with Gasteiger partial charge in [-0.25, -0.2) is 0 Å². The van der Waals surface area contributed by atoms with Crippen LogP contribution in [0.25, 0.3) is 0 Å². The first-order chi connectivity index (χ1) is 8.88. The molecule has 1 saturated heterocycles. The monoisotopic (exact) mass is 245 g/mol. The molecule has 0 aromatic heterocycles. The molecule has 1 aliphatic heterocycles. The second-order valence-electron chi connectivity index (χ2n) is 5.67. The van der Waals surface area contributed by atoms with E-state index in [4.69, 9.17) is 4.74 Å². The van der Waals surface area contributed by atoms with E-state index in [9.17, 15) is 0 Å². The molecule has 1 N–H and O–H groups in total. The lowest BCUT2D eigenvalue weighted by Gasteiger charge is -2.18. The van der Waals surface area contributed by atoms with Crippen molar-refractivity contribution >= 4 is 0 Å². The topological polar surface area (TPSA) is 21.3 Å². The van der Waals surface area contributed by atoms with E-state index >= 15 is 0 Å². The predicted molar refractivity (Wildman–Crippen MR) is 74.4 cm³/mol. The van der Waals surface area contributed by atoms with Gasteiger partial charge in [-0.1, -0.05) is 25.0 Å². The van der Waals surface area contributed by atoms with Crippen LogP contribution >= 0.6 is 0 Å². The predicted octanol–water partition coefficient (Wildman–Crippen LogP) is 3.43. The summed E-state index contributed by atoms with van der Waals surface area (Å²) in [6, 6.07) is 6.88. The van der Waals surface area contributed by atoms with Crippen LogP contribution < -0.4 is 10.1 Å². The van der Waals surface area contributed by atoms with Gasteiger partial charge in [0.25, 0.3) is 0 Å². The summed E-state index contributed by atoms with van der Waals surface area (Å²) in [6.45, 7) is 2.24. The summed E-state index contributed by atoms with van der Waals surface area (Å²) < 4.78 is 5.55. The minimum Gasteiger partial charge on any atom is -0.496 e. The maximum Gasteiger partial charge on any atom is 0.122 e. The zero-order valence-corrected chi connectivity index (χ0v) is 11.2. The fourth-order valence-corrected chi connectivity index (χ4v) is 3.51. The van der Waals surface area contributed by atoms with Gasteiger partial charge in [0.1, 0.15) is 5.75 Å². The van der Waals surface area contributed by atoms with Gasteiger partial charge in [0, 0.05) is 12.5 Å². The summed E-state index contributed by atoms with van der Waals surface area (Å²) in [7, 11) is 1.79. The fourth-order valence-electron chi connectivity index (χ4n) is 3.51. The third-order valence-corrected chi connectivity index (χ3v) is 4.58. The van der Waals surface area contributed by atoms with Crippen LogP contribution in [0.15, 0.2) is 18.2 Å². The number of ether oxygens (including phenoxy) is 1. The first kappa shape index (κ1) is 12.0. The molecule has 1 aromatic rings. The van der Waals surface area contributed by atoms with Gasteiger partial charge in [-0.15, -0.1) is 0 Å². The zero-order valence-electron chi connectivity index (χ0n) is 11.2. The van der Waals surface area contributed by atoms with Gasteiger partial charge in [0.05, 0.1) is 7.11 Å². The summed E-state index contributed by atoms with van der Waals surface area (Å²) >= 11 is 0. The van der Waals surface area contributed by atoms with E-state index in [1.807, 2.05) is 0 Å². The second-order valence-corrected chi connectivity index (χ2v) is 5.67. The molecule has 1 aliphatic carbocycles. The third-order valence-electron chi connectivity index (χ3n) is 4.58. The largest absolute Gasteiger partial charge is 0.496 e. The van der Waals surface area contributed by atoms with Crippen LogP contribution in [0.3, 0.4) is 0 Å². The number of rotatable bonds is 3. The molecule has 1 atom stereocenters. The van der Waals surface area contributed by atoms with E-state index in [1.54, 1.807) is 7.11 Å². The highest BCUT2D eigenvalue weighted by atomic mass is 16.5. The molecule has 1 aromatic carbocycles. The van der Waals surface area contributed by atoms with Crippen LogP contribution in [-0.4, -0.2) is 20.2 Å². The Labute approximate surface area is 110 Å². The van der Waals surface area contributed by atoms with E-state index in [-0.39, 0.29) is 0 Å². The average Bonchev–Trinajstić information content (AvgIpc) is 3.11. The smallest absolute Gasteiger partial charge is 0.122 e. The first-order valence-corrected chi connectivity index (χ1v) is 7.27. The fraction of sp³-hybridized carbons (Fsp3) is 0.625. The van der Waals surface area contributed by atoms with E-state index < -0.39 is 0 Å². The summed E-state index contributed by atoms with van der Waals surface area (Å²) in [5, 5.41) is 3.46. The molecule has 2 nitrogen and oxygen atoms in total. The Morgan fingerprint density at radius 2 is 1.94 bits per heavy atom. The van der Waals surface area contributed by atoms with Crippen LogP contribution in [-0.2, 0) is 0 Å². The molecule has 1 unspecified atom stereocenters. The summed E-state index contributed by atoms with van der Waals surface area (Å²) in [5.74, 6) is 2.51. The molecule has 3 rings (SSSR count). The number of nitrogens with one attached hydrogen (secondary N) is 1. The molecule has 2 fully saturated rings. The van der Waals surface area contributed by atoms with Crippen molar-refractivity contribution in [2.75, 3.05) is 20.2 Å². The van der Waals surface area contributed by atoms with Gasteiger partial charge in [-0.2, -0.15) is 0 Å². The van der Waals surface area contributed by atoms with Crippen molar-refractivity contribution in [3.8, 4) is 5.75 Å². The van der Waals surface area contributed by atoms with Crippen LogP contribution in [0.1, 0.15) is 55.1 Å². The van der Waals surface area contributed by atoms with Crippen molar-refractivity contribution in [3.05, 3.63) is 29.3 Å². The van der Waals surface area contributed by atoms with Crippen molar-refractivity contribution < 1.29 is 4.74 Å². The summed E-state index contributed by atoms with van der Waals surface area (Å²) in [4.78, 5) is 0. The third kappa shape index (κ3) is 2.26. The standard InChI is InChI=1S/C16H23NO/c1-18-16-7-6-13(12-4-2-3-5-12)10-15(16)14-8-9-17-11-14/h6-7,10,12,14,17H,2-5,8-9,11H2,1H3. The van der Waals surface area contributed by atoms with Gasteiger partial charge in [-0.3, -0.25) is 0 Å². The minimum absolute atomic E-state index is 0.640. The van der Waals surface area contributed by atoms with Crippen molar-refractivity contribution in [1.29, 1.82) is 0 Å². The van der Waals surface area contributed by atoms with E-state index in [0.29, 0.717) is 5.92 Å². The highest BCUT2D eigenvalue weighted by Gasteiger charge is 2.23. The van der Waals surface area contributed by atoms with Gasteiger partial charge in [0.15, 0.2) is 0 Å². The van der Waals surface area contributed by atoms with Gasteiger partial charge >= 0.3 is 0 Å². The average molecular weight is 245 g/mol. The Balaban J connectivity index is 1.90. The Morgan fingerprint density at radius 3 is 2.61 bits per heavy atom. The second kappa shape index (κ2) is 5.31. The molecule has 1 saturated carbocycles. The molecule has 2 aliphatic rings. The molecule has 1 heterocycles. The van der Waals surface area contributed by atoms with Gasteiger partial charge in [-0.05, 0) is 48.9 Å². The Morgan fingerprint density at radius 1 is 1.11 bits per heavy atom. The molecule has 2 heteroatoms. The Bertz CT molecular complexity index is 404. The lowest BCUT2D eigenvalue weighted by Crippen LogP contribution is -2.09. The van der Waals surface area contributed by atoms with Crippen LogP contribution in [0.4, 0.5) is 0 Å². The Hall–Kier alpha value is -1.02. The number of hydrogen-bond acceptors (Lipinski definition) is 2. The maximum atomic E-state index is 5.55. The summed E-state index contributed by atoms with van der Waals surface area (Å²) in [6.07, 6.45) is 6.78. The van der Waals surface area contributed by atoms with Crippen LogP contribution in [0, 0.1) is 0 Å². The van der Waals surface area contributed by atoms with E-state index in [2.05, 4.69) is 23.5 Å². The normalized spacial score (nSPS) is 24.6. The SMILES string of the molecule is COc1ccc(C2CCCC2)cc1C1CCNC1. The van der Waals surface area contributed by atoms with Gasteiger partial charge in [0.2, 0.25) is 0 Å². The molecular formula is C16H23NO. The van der Waals surface area contributed by atoms with Crippen molar-refractivity contribution in [3.63, 3.8) is 0 Å². The zero-order chi connectivity index (χ0) is 12.4. The maximum absolute atomic E-state index is 5.55. The number of benzene rings is 1. The van der Waals surface area contributed by atoms with Crippen LogP contribution in [0.5, 0.6) is 5.75 Å². The summed E-state index contributed by atoms with van der Waals surface area (Å²) in [5.41, 5.74) is 2.96. The minimum atomic E-state index is 0.640. The van der Waals surface area contributed by atoms with E-state index in [0.717, 1.165) is 24.8 Å². The quantitative estimate of drug-likeness (QED) is 0.881. The molecule has 0 radical (unpaired) electrons. The first-order valence-electron chi connectivity index (χ1n) is 7.27. The molecule has 0 spiro atoms. The van der Waals surface area contributed by atoms with Crippen molar-refractivity contribution in [2.45, 2.75) is 43.9 Å². The highest BCUT2D eigenvalue weighted by Crippen LogP contribution is 2.38. The van der Waals surface area contributed by atoms with Crippen LogP contribution in [0.2, 0.25) is 0 Å². The van der Waals surface area contributed by atoms with Gasteiger partial charge < -0.3 is 10.1 Å². The molecule has 0 amide bonds. The highest BCUT2D eigenvalue weighted by molar-refractivity contribution is 5.41. The lowest BCUT2D eigenvalue weighted by molar-refractivity contribution is 0.406. The molecule has 18 heavy (non-hydrogen) atoms. The molecular weight excluding hydrogens is 222 g/mol. The van der Waals surface area contributed by atoms with Crippen molar-refractivity contribution in [1.82, 2.24) is 5.32 Å². The van der Waals surface area contributed by atoms with Crippen molar-refractivity contribution in [2.24, 2.45) is 0 Å².